The average Bonchev–Trinajstić information content (AvgIpc) is 3.48. The highest BCUT2D eigenvalue weighted by Gasteiger charge is 2.61. The van der Waals surface area contributed by atoms with Crippen molar-refractivity contribution >= 4 is 28.9 Å². The van der Waals surface area contributed by atoms with Crippen LogP contribution in [0.2, 0.25) is 0 Å². The third kappa shape index (κ3) is 4.31. The molecule has 208 valence electrons. The van der Waals surface area contributed by atoms with E-state index in [4.69, 9.17) is 23.8 Å². The number of anilines is 2. The lowest BCUT2D eigenvalue weighted by Gasteiger charge is -2.30. The predicted octanol–water partition coefficient (Wildman–Crippen LogP) is 4.07. The molecule has 2 heterocycles. The Morgan fingerprint density at radius 2 is 1.62 bits per heavy atom. The fourth-order valence-corrected chi connectivity index (χ4v) is 5.17. The van der Waals surface area contributed by atoms with Crippen LogP contribution in [0.4, 0.5) is 17.1 Å². The van der Waals surface area contributed by atoms with E-state index in [0.29, 0.717) is 35.0 Å². The zero-order valence-electron chi connectivity index (χ0n) is 22.2. The molecule has 0 N–H and O–H groups in total. The minimum atomic E-state index is -1.19. The van der Waals surface area contributed by atoms with Crippen LogP contribution in [0.25, 0.3) is 0 Å². The first-order valence-electron chi connectivity index (χ1n) is 12.4. The molecule has 40 heavy (non-hydrogen) atoms. The van der Waals surface area contributed by atoms with Crippen LogP contribution in [0.5, 0.6) is 23.0 Å². The first kappa shape index (κ1) is 26.8. The van der Waals surface area contributed by atoms with Gasteiger partial charge >= 0.3 is 0 Å². The van der Waals surface area contributed by atoms with Crippen molar-refractivity contribution in [1.82, 2.24) is 0 Å². The topological polar surface area (TPSA) is 130 Å². The van der Waals surface area contributed by atoms with Crippen molar-refractivity contribution in [2.75, 3.05) is 37.9 Å². The van der Waals surface area contributed by atoms with Crippen LogP contribution in [-0.2, 0) is 14.4 Å². The number of methoxy groups -OCH3 is 3. The van der Waals surface area contributed by atoms with Gasteiger partial charge in [-0.3, -0.25) is 24.5 Å². The molecule has 3 unspecified atom stereocenters. The maximum Gasteiger partial charge on any atom is 0.271 e. The molecule has 3 aromatic rings. The number of ether oxygens (including phenoxy) is 4. The second-order valence-corrected chi connectivity index (χ2v) is 8.96. The van der Waals surface area contributed by atoms with Crippen molar-refractivity contribution < 1.29 is 38.3 Å². The molecule has 2 aliphatic rings. The molecule has 0 saturated carbocycles. The third-order valence-electron chi connectivity index (χ3n) is 6.87. The number of fused-ring (bicyclic) bond motifs is 1. The molecular weight excluding hydrogens is 522 g/mol. The summed E-state index contributed by atoms with van der Waals surface area (Å²) in [5, 5.41) is 12.9. The maximum atomic E-state index is 14.0. The molecule has 3 atom stereocenters. The van der Waals surface area contributed by atoms with Crippen molar-refractivity contribution in [3.8, 4) is 23.0 Å². The van der Waals surface area contributed by atoms with E-state index < -0.39 is 34.8 Å². The van der Waals surface area contributed by atoms with Crippen molar-refractivity contribution in [1.29, 1.82) is 0 Å². The molecule has 3 aromatic carbocycles. The molecule has 2 fully saturated rings. The molecule has 12 heteroatoms. The Kier molecular flexibility index (Phi) is 7.18. The second kappa shape index (κ2) is 10.7. The molecule has 2 saturated heterocycles. The van der Waals surface area contributed by atoms with Crippen molar-refractivity contribution in [2.24, 2.45) is 5.92 Å². The van der Waals surface area contributed by atoms with Crippen LogP contribution in [0.3, 0.4) is 0 Å². The lowest BCUT2D eigenvalue weighted by atomic mass is 9.89. The van der Waals surface area contributed by atoms with Crippen LogP contribution in [0.15, 0.2) is 60.7 Å². The number of nitro groups is 1. The summed E-state index contributed by atoms with van der Waals surface area (Å²) >= 11 is 0. The molecule has 0 aromatic heterocycles. The van der Waals surface area contributed by atoms with Gasteiger partial charge in [-0.2, -0.15) is 0 Å². The summed E-state index contributed by atoms with van der Waals surface area (Å²) in [7, 11) is 4.38. The summed E-state index contributed by atoms with van der Waals surface area (Å²) in [6.07, 6.45) is -1.19. The number of hydrogen-bond acceptors (Lipinski definition) is 10. The first-order valence-corrected chi connectivity index (χ1v) is 12.4. The van der Waals surface area contributed by atoms with Gasteiger partial charge in [-0.15, -0.1) is 0 Å². The lowest BCUT2D eigenvalue weighted by molar-refractivity contribution is -0.384. The minimum absolute atomic E-state index is 0.176. The summed E-state index contributed by atoms with van der Waals surface area (Å²) in [6, 6.07) is 14.8. The standard InChI is InChI=1S/C28H27N3O9/c1-5-39-19-11-9-16(10-12-19)29-27(32)22-23(20-13-14-21(36-2)25(38-4)24(20)37-3)30(40-26(22)28(29)33)17-7-6-8-18(15-17)31(34)35/h6-15,22-23,26H,5H2,1-4H3. The average molecular weight is 550 g/mol. The Bertz CT molecular complexity index is 1460. The van der Waals surface area contributed by atoms with Gasteiger partial charge in [-0.25, -0.2) is 9.96 Å². The Morgan fingerprint density at radius 1 is 0.900 bits per heavy atom. The van der Waals surface area contributed by atoms with Crippen LogP contribution in [0.1, 0.15) is 18.5 Å². The fraction of sp³-hybridized carbons (Fsp3) is 0.286. The summed E-state index contributed by atoms with van der Waals surface area (Å²) in [5.41, 5.74) is 0.953. The lowest BCUT2D eigenvalue weighted by Crippen LogP contribution is -2.37. The SMILES string of the molecule is CCOc1ccc(N2C(=O)C3ON(c4cccc([N+](=O)[O-])c4)C(c4ccc(OC)c(OC)c4OC)C3C2=O)cc1. The smallest absolute Gasteiger partial charge is 0.271 e. The summed E-state index contributed by atoms with van der Waals surface area (Å²) in [5.74, 6) is -0.510. The zero-order chi connectivity index (χ0) is 28.6. The molecule has 2 aliphatic heterocycles. The highest BCUT2D eigenvalue weighted by Crippen LogP contribution is 2.52. The van der Waals surface area contributed by atoms with E-state index >= 15 is 0 Å². The predicted molar refractivity (Wildman–Crippen MR) is 143 cm³/mol. The quantitative estimate of drug-likeness (QED) is 0.219. The second-order valence-electron chi connectivity index (χ2n) is 8.96. The number of nitrogens with zero attached hydrogens (tertiary/aromatic N) is 3. The third-order valence-corrected chi connectivity index (χ3v) is 6.87. The number of hydroxylamine groups is 1. The molecule has 12 nitrogen and oxygen atoms in total. The molecule has 0 spiro atoms. The molecular formula is C28H27N3O9. The summed E-state index contributed by atoms with van der Waals surface area (Å²) in [4.78, 5) is 45.9. The van der Waals surface area contributed by atoms with Crippen molar-refractivity contribution in [3.63, 3.8) is 0 Å². The van der Waals surface area contributed by atoms with Crippen LogP contribution >= 0.6 is 0 Å². The first-order chi connectivity index (χ1) is 19.3. The van der Waals surface area contributed by atoms with E-state index in [0.717, 1.165) is 4.90 Å². The van der Waals surface area contributed by atoms with E-state index in [1.165, 1.54) is 44.6 Å². The van der Waals surface area contributed by atoms with Gasteiger partial charge in [0.25, 0.3) is 11.6 Å². The van der Waals surface area contributed by atoms with E-state index in [9.17, 15) is 19.7 Å². The van der Waals surface area contributed by atoms with Gasteiger partial charge < -0.3 is 18.9 Å². The number of carbonyl (C=O) groups excluding carboxylic acids is 2. The number of amides is 2. The van der Waals surface area contributed by atoms with Crippen molar-refractivity contribution in [2.45, 2.75) is 19.1 Å². The summed E-state index contributed by atoms with van der Waals surface area (Å²) < 4.78 is 22.2. The Morgan fingerprint density at radius 3 is 2.25 bits per heavy atom. The largest absolute Gasteiger partial charge is 0.494 e. The summed E-state index contributed by atoms with van der Waals surface area (Å²) in [6.45, 7) is 2.33. The van der Waals surface area contributed by atoms with Crippen LogP contribution < -0.4 is 28.9 Å². The zero-order valence-corrected chi connectivity index (χ0v) is 22.2. The number of non-ortho nitro benzene ring substituents is 1. The molecule has 0 radical (unpaired) electrons. The monoisotopic (exact) mass is 549 g/mol. The highest BCUT2D eigenvalue weighted by molar-refractivity contribution is 6.24. The molecule has 0 bridgehead atoms. The number of nitro benzene ring substituents is 1. The Balaban J connectivity index is 1.63. The molecule has 0 aliphatic carbocycles. The number of imide groups is 1. The molecule has 5 rings (SSSR count). The Hall–Kier alpha value is -4.84. The number of rotatable bonds is 9. The van der Waals surface area contributed by atoms with Gasteiger partial charge in [0.05, 0.1) is 44.2 Å². The van der Waals surface area contributed by atoms with E-state index in [2.05, 4.69) is 0 Å². The number of carbonyl (C=O) groups is 2. The van der Waals surface area contributed by atoms with E-state index in [1.54, 1.807) is 42.5 Å². The maximum absolute atomic E-state index is 14.0. The Labute approximate surface area is 229 Å². The fourth-order valence-electron chi connectivity index (χ4n) is 5.17. The minimum Gasteiger partial charge on any atom is -0.494 e. The van der Waals surface area contributed by atoms with Gasteiger partial charge in [-0.1, -0.05) is 6.07 Å². The van der Waals surface area contributed by atoms with Crippen LogP contribution in [0, 0.1) is 16.0 Å². The van der Waals surface area contributed by atoms with Gasteiger partial charge in [0.2, 0.25) is 11.7 Å². The molecule has 2 amide bonds. The highest BCUT2D eigenvalue weighted by atomic mass is 16.7. The normalized spacial score (nSPS) is 19.9. The van der Waals surface area contributed by atoms with Crippen LogP contribution in [-0.4, -0.2) is 50.8 Å². The van der Waals surface area contributed by atoms with Gasteiger partial charge in [0.15, 0.2) is 17.6 Å². The van der Waals surface area contributed by atoms with Gasteiger partial charge in [0.1, 0.15) is 17.7 Å². The van der Waals surface area contributed by atoms with Gasteiger partial charge in [0, 0.05) is 17.7 Å². The van der Waals surface area contributed by atoms with Crippen molar-refractivity contribution in [3.05, 3.63) is 76.3 Å². The number of benzene rings is 3. The van der Waals surface area contributed by atoms with E-state index in [1.807, 2.05) is 6.92 Å². The number of hydrogen-bond donors (Lipinski definition) is 0. The van der Waals surface area contributed by atoms with Gasteiger partial charge in [-0.05, 0) is 49.4 Å². The van der Waals surface area contributed by atoms with E-state index in [-0.39, 0.29) is 17.2 Å².